The predicted molar refractivity (Wildman–Crippen MR) is 67.0 cm³/mol. The lowest BCUT2D eigenvalue weighted by atomic mass is 10.2. The van der Waals surface area contributed by atoms with Crippen molar-refractivity contribution in [2.45, 2.75) is 32.9 Å². The fourth-order valence-corrected chi connectivity index (χ4v) is 1.16. The van der Waals surface area contributed by atoms with Gasteiger partial charge in [-0.2, -0.15) is 0 Å². The first-order valence-corrected chi connectivity index (χ1v) is 5.61. The number of amides is 1. The molecule has 2 N–H and O–H groups in total. The van der Waals surface area contributed by atoms with Gasteiger partial charge in [-0.1, -0.05) is 6.07 Å². The van der Waals surface area contributed by atoms with E-state index in [-0.39, 0.29) is 0 Å². The van der Waals surface area contributed by atoms with E-state index >= 15 is 0 Å². The van der Waals surface area contributed by atoms with Crippen molar-refractivity contribution in [1.82, 2.24) is 15.8 Å². The summed E-state index contributed by atoms with van der Waals surface area (Å²) < 4.78 is 10.0. The highest BCUT2D eigenvalue weighted by Gasteiger charge is 2.15. The molecule has 0 aromatic carbocycles. The minimum atomic E-state index is -0.510. The van der Waals surface area contributed by atoms with Gasteiger partial charge >= 0.3 is 6.09 Å². The summed E-state index contributed by atoms with van der Waals surface area (Å²) in [6, 6.07) is 3.61. The molecule has 0 aliphatic rings. The third kappa shape index (κ3) is 5.49. The molecule has 0 unspecified atom stereocenters. The fraction of sp³-hybridized carbons (Fsp3) is 0.500. The summed E-state index contributed by atoms with van der Waals surface area (Å²) in [6.07, 6.45) is 1.16. The molecule has 0 spiro atoms. The van der Waals surface area contributed by atoms with E-state index in [2.05, 4.69) is 15.8 Å². The number of rotatable bonds is 4. The van der Waals surface area contributed by atoms with Gasteiger partial charge in [0.15, 0.2) is 0 Å². The highest BCUT2D eigenvalue weighted by molar-refractivity contribution is 5.66. The van der Waals surface area contributed by atoms with E-state index in [0.29, 0.717) is 12.4 Å². The van der Waals surface area contributed by atoms with E-state index in [0.717, 1.165) is 5.56 Å². The lowest BCUT2D eigenvalue weighted by Gasteiger charge is -2.19. The van der Waals surface area contributed by atoms with E-state index in [1.165, 1.54) is 0 Å². The Bertz CT molecular complexity index is 385. The highest BCUT2D eigenvalue weighted by Crippen LogP contribution is 2.07. The normalized spacial score (nSPS) is 10.9. The maximum atomic E-state index is 11.3. The molecule has 6 nitrogen and oxygen atoms in total. The van der Waals surface area contributed by atoms with Gasteiger partial charge in [0.25, 0.3) is 0 Å². The molecule has 18 heavy (non-hydrogen) atoms. The van der Waals surface area contributed by atoms with E-state index in [9.17, 15) is 4.79 Å². The van der Waals surface area contributed by atoms with Crippen LogP contribution in [-0.4, -0.2) is 23.8 Å². The van der Waals surface area contributed by atoms with Crippen molar-refractivity contribution in [2.75, 3.05) is 7.11 Å². The minimum absolute atomic E-state index is 0.455. The number of nitrogens with zero attached hydrogens (tertiary/aromatic N) is 1. The molecule has 0 radical (unpaired) electrons. The van der Waals surface area contributed by atoms with Gasteiger partial charge < -0.3 is 9.47 Å². The first kappa shape index (κ1) is 14.2. The largest absolute Gasteiger partial charge is 0.481 e. The second-order valence-electron chi connectivity index (χ2n) is 4.69. The Hall–Kier alpha value is -1.82. The first-order chi connectivity index (χ1) is 8.40. The van der Waals surface area contributed by atoms with Crippen LogP contribution in [0.1, 0.15) is 26.3 Å². The molecular formula is C12H19N3O3. The van der Waals surface area contributed by atoms with E-state index in [4.69, 9.17) is 9.47 Å². The number of hydrogen-bond donors (Lipinski definition) is 2. The molecule has 1 amide bonds. The van der Waals surface area contributed by atoms with Crippen molar-refractivity contribution in [1.29, 1.82) is 0 Å². The van der Waals surface area contributed by atoms with Crippen LogP contribution in [-0.2, 0) is 11.3 Å². The van der Waals surface area contributed by atoms with Crippen LogP contribution in [0, 0.1) is 0 Å². The molecule has 6 heteroatoms. The van der Waals surface area contributed by atoms with E-state index in [1.54, 1.807) is 40.1 Å². The molecule has 1 heterocycles. The summed E-state index contributed by atoms with van der Waals surface area (Å²) in [5.41, 5.74) is 5.62. The SMILES string of the molecule is COc1ccc(CNNC(=O)OC(C)(C)C)cn1. The number of hydrogen-bond acceptors (Lipinski definition) is 5. The Morgan fingerprint density at radius 3 is 2.61 bits per heavy atom. The molecule has 0 fully saturated rings. The third-order valence-electron chi connectivity index (χ3n) is 1.89. The molecule has 0 aliphatic carbocycles. The fourth-order valence-electron chi connectivity index (χ4n) is 1.16. The summed E-state index contributed by atoms with van der Waals surface area (Å²) in [5, 5.41) is 0. The van der Waals surface area contributed by atoms with Crippen molar-refractivity contribution >= 4 is 6.09 Å². The Morgan fingerprint density at radius 2 is 2.11 bits per heavy atom. The lowest BCUT2D eigenvalue weighted by Crippen LogP contribution is -2.40. The summed E-state index contributed by atoms with van der Waals surface area (Å²) >= 11 is 0. The number of pyridine rings is 1. The molecule has 0 bridgehead atoms. The molecule has 0 saturated heterocycles. The second-order valence-corrected chi connectivity index (χ2v) is 4.69. The van der Waals surface area contributed by atoms with Gasteiger partial charge in [0.05, 0.1) is 7.11 Å². The van der Waals surface area contributed by atoms with Crippen LogP contribution in [0.25, 0.3) is 0 Å². The van der Waals surface area contributed by atoms with Crippen LogP contribution in [0.4, 0.5) is 4.79 Å². The van der Waals surface area contributed by atoms with Gasteiger partial charge in [-0.25, -0.2) is 15.2 Å². The van der Waals surface area contributed by atoms with Crippen molar-refractivity contribution in [2.24, 2.45) is 0 Å². The van der Waals surface area contributed by atoms with Gasteiger partial charge in [0.1, 0.15) is 5.60 Å². The minimum Gasteiger partial charge on any atom is -0.481 e. The zero-order valence-corrected chi connectivity index (χ0v) is 11.1. The van der Waals surface area contributed by atoms with Crippen LogP contribution in [0.3, 0.4) is 0 Å². The van der Waals surface area contributed by atoms with Crippen molar-refractivity contribution in [3.05, 3.63) is 23.9 Å². The molecule has 100 valence electrons. The smallest absolute Gasteiger partial charge is 0.422 e. The molecule has 0 aliphatic heterocycles. The number of carbonyl (C=O) groups excluding carboxylic acids is 1. The Morgan fingerprint density at radius 1 is 1.39 bits per heavy atom. The van der Waals surface area contributed by atoms with E-state index < -0.39 is 11.7 Å². The molecular weight excluding hydrogens is 234 g/mol. The van der Waals surface area contributed by atoms with Crippen molar-refractivity contribution in [3.8, 4) is 5.88 Å². The number of carbonyl (C=O) groups is 1. The summed E-state index contributed by atoms with van der Waals surface area (Å²) in [6.45, 7) is 5.87. The topological polar surface area (TPSA) is 72.5 Å². The van der Waals surface area contributed by atoms with E-state index in [1.807, 2.05) is 6.07 Å². The van der Waals surface area contributed by atoms with Crippen LogP contribution in [0.5, 0.6) is 5.88 Å². The summed E-state index contributed by atoms with van der Waals surface area (Å²) in [5.74, 6) is 0.554. The van der Waals surface area contributed by atoms with Gasteiger partial charge in [0, 0.05) is 18.8 Å². The standard InChI is InChI=1S/C12H19N3O3/c1-12(2,3)18-11(16)15-14-8-9-5-6-10(17-4)13-7-9/h5-7,14H,8H2,1-4H3,(H,15,16). The number of ether oxygens (including phenoxy) is 2. The zero-order valence-electron chi connectivity index (χ0n) is 11.1. The number of methoxy groups -OCH3 is 1. The molecule has 0 atom stereocenters. The first-order valence-electron chi connectivity index (χ1n) is 5.61. The highest BCUT2D eigenvalue weighted by atomic mass is 16.6. The maximum absolute atomic E-state index is 11.3. The quantitative estimate of drug-likeness (QED) is 0.798. The van der Waals surface area contributed by atoms with Crippen LogP contribution < -0.4 is 15.6 Å². The average Bonchev–Trinajstić information content (AvgIpc) is 2.27. The number of nitrogens with one attached hydrogen (secondary N) is 2. The van der Waals surface area contributed by atoms with Crippen molar-refractivity contribution in [3.63, 3.8) is 0 Å². The molecule has 1 aromatic heterocycles. The summed E-state index contributed by atoms with van der Waals surface area (Å²) in [4.78, 5) is 15.4. The Labute approximate surface area is 107 Å². The van der Waals surface area contributed by atoms with Gasteiger partial charge in [0.2, 0.25) is 5.88 Å². The zero-order chi connectivity index (χ0) is 13.6. The summed E-state index contributed by atoms with van der Waals surface area (Å²) in [7, 11) is 1.56. The lowest BCUT2D eigenvalue weighted by molar-refractivity contribution is 0.0497. The monoisotopic (exact) mass is 253 g/mol. The van der Waals surface area contributed by atoms with Crippen LogP contribution >= 0.6 is 0 Å². The van der Waals surface area contributed by atoms with Crippen LogP contribution in [0.2, 0.25) is 0 Å². The maximum Gasteiger partial charge on any atom is 0.422 e. The third-order valence-corrected chi connectivity index (χ3v) is 1.89. The Balaban J connectivity index is 2.30. The number of aromatic nitrogens is 1. The van der Waals surface area contributed by atoms with Gasteiger partial charge in [-0.15, -0.1) is 0 Å². The number of hydrazine groups is 1. The molecule has 1 rings (SSSR count). The molecule has 0 saturated carbocycles. The van der Waals surface area contributed by atoms with Crippen molar-refractivity contribution < 1.29 is 14.3 Å². The Kier molecular flexibility index (Phi) is 4.91. The predicted octanol–water partition coefficient (Wildman–Crippen LogP) is 1.62. The second kappa shape index (κ2) is 6.20. The van der Waals surface area contributed by atoms with Crippen LogP contribution in [0.15, 0.2) is 18.3 Å². The average molecular weight is 253 g/mol. The van der Waals surface area contributed by atoms with Gasteiger partial charge in [-0.3, -0.25) is 5.43 Å². The molecule has 1 aromatic rings. The van der Waals surface area contributed by atoms with Gasteiger partial charge in [-0.05, 0) is 26.3 Å².